The molecule has 0 saturated heterocycles. The first-order valence-electron chi connectivity index (χ1n) is 8.14. The van der Waals surface area contributed by atoms with Gasteiger partial charge in [0.15, 0.2) is 4.77 Å². The minimum atomic E-state index is 0.570. The number of nitrogens with one attached hydrogen (secondary N) is 1. The molecule has 23 heavy (non-hydrogen) atoms. The topological polar surface area (TPSA) is 54.0 Å². The maximum absolute atomic E-state index is 5.92. The van der Waals surface area contributed by atoms with E-state index in [1.54, 1.807) is 6.20 Å². The van der Waals surface area contributed by atoms with Crippen molar-refractivity contribution in [3.8, 4) is 5.88 Å². The molecule has 120 valence electrons. The number of aromatic nitrogens is 3. The first-order chi connectivity index (χ1) is 11.3. The summed E-state index contributed by atoms with van der Waals surface area (Å²) in [6.45, 7) is 3.53. The van der Waals surface area contributed by atoms with Gasteiger partial charge in [0.2, 0.25) is 5.88 Å². The number of rotatable bonds is 5. The van der Waals surface area contributed by atoms with E-state index in [2.05, 4.69) is 25.9 Å². The van der Waals surface area contributed by atoms with E-state index in [-0.39, 0.29) is 0 Å². The van der Waals surface area contributed by atoms with Gasteiger partial charge in [-0.2, -0.15) is 0 Å². The molecular formula is C17H20N4OS. The molecule has 0 amide bonds. The zero-order valence-corrected chi connectivity index (χ0v) is 13.8. The summed E-state index contributed by atoms with van der Waals surface area (Å²) < 4.78 is 6.49. The first kappa shape index (κ1) is 14.8. The number of aromatic amines is 1. The third-order valence-corrected chi connectivity index (χ3v) is 4.66. The highest BCUT2D eigenvalue weighted by Crippen LogP contribution is 2.30. The Morgan fingerprint density at radius 3 is 3.13 bits per heavy atom. The third-order valence-electron chi connectivity index (χ3n) is 4.45. The van der Waals surface area contributed by atoms with Crippen LogP contribution >= 0.6 is 12.2 Å². The van der Waals surface area contributed by atoms with Gasteiger partial charge in [-0.25, -0.2) is 9.97 Å². The molecule has 0 bridgehead atoms. The maximum atomic E-state index is 5.92. The fourth-order valence-corrected chi connectivity index (χ4v) is 3.11. The minimum Gasteiger partial charge on any atom is -0.477 e. The molecule has 0 spiro atoms. The van der Waals surface area contributed by atoms with Crippen molar-refractivity contribution in [3.05, 3.63) is 46.1 Å². The van der Waals surface area contributed by atoms with Crippen LogP contribution in [0.25, 0.3) is 0 Å². The molecule has 0 aromatic carbocycles. The smallest absolute Gasteiger partial charge is 0.217 e. The summed E-state index contributed by atoms with van der Waals surface area (Å²) in [5.41, 5.74) is 3.61. The van der Waals surface area contributed by atoms with Crippen molar-refractivity contribution in [1.29, 1.82) is 0 Å². The Morgan fingerprint density at radius 1 is 1.35 bits per heavy atom. The second kappa shape index (κ2) is 6.37. The van der Waals surface area contributed by atoms with Gasteiger partial charge < -0.3 is 9.72 Å². The van der Waals surface area contributed by atoms with Crippen molar-refractivity contribution in [1.82, 2.24) is 19.9 Å². The first-order valence-corrected chi connectivity index (χ1v) is 8.55. The Balaban J connectivity index is 1.46. The van der Waals surface area contributed by atoms with E-state index in [1.165, 1.54) is 24.1 Å². The van der Waals surface area contributed by atoms with Crippen molar-refractivity contribution in [2.75, 3.05) is 13.2 Å². The van der Waals surface area contributed by atoms with Gasteiger partial charge in [-0.1, -0.05) is 6.07 Å². The molecule has 6 heteroatoms. The van der Waals surface area contributed by atoms with Crippen LogP contribution in [0.15, 0.2) is 24.5 Å². The molecule has 3 heterocycles. The molecule has 4 rings (SSSR count). The molecule has 2 aliphatic rings. The fourth-order valence-electron chi connectivity index (χ4n) is 2.94. The molecule has 1 fully saturated rings. The number of hydrogen-bond acceptors (Lipinski definition) is 5. The van der Waals surface area contributed by atoms with Gasteiger partial charge in [0.25, 0.3) is 0 Å². The van der Waals surface area contributed by atoms with Crippen LogP contribution in [0, 0.1) is 10.7 Å². The van der Waals surface area contributed by atoms with Gasteiger partial charge in [0, 0.05) is 55.3 Å². The normalized spacial score (nSPS) is 17.7. The number of fused-ring (bicyclic) bond motifs is 1. The highest BCUT2D eigenvalue weighted by molar-refractivity contribution is 7.71. The Bertz CT molecular complexity index is 756. The Labute approximate surface area is 140 Å². The molecule has 2 aromatic heterocycles. The molecular weight excluding hydrogens is 308 g/mol. The van der Waals surface area contributed by atoms with Gasteiger partial charge in [0.05, 0.1) is 6.61 Å². The van der Waals surface area contributed by atoms with E-state index in [0.29, 0.717) is 4.77 Å². The molecule has 0 radical (unpaired) electrons. The summed E-state index contributed by atoms with van der Waals surface area (Å²) in [4.78, 5) is 14.2. The van der Waals surface area contributed by atoms with Crippen molar-refractivity contribution in [2.45, 2.75) is 32.4 Å². The van der Waals surface area contributed by atoms with Gasteiger partial charge in [0.1, 0.15) is 0 Å². The van der Waals surface area contributed by atoms with Crippen LogP contribution in [-0.2, 0) is 19.5 Å². The summed E-state index contributed by atoms with van der Waals surface area (Å²) in [6, 6.07) is 4.09. The molecule has 1 aliphatic heterocycles. The van der Waals surface area contributed by atoms with Crippen molar-refractivity contribution < 1.29 is 4.74 Å². The number of pyridine rings is 1. The lowest BCUT2D eigenvalue weighted by atomic mass is 10.1. The summed E-state index contributed by atoms with van der Waals surface area (Å²) in [6.07, 6.45) is 7.26. The molecule has 2 aromatic rings. The van der Waals surface area contributed by atoms with Crippen molar-refractivity contribution >= 4 is 12.2 Å². The standard InChI is InChI=1S/C17H20N4OS/c23-17-19-8-14-10-21(7-5-15(14)20-17)9-13-2-1-6-18-16(13)22-11-12-3-4-12/h1-2,6,8,12H,3-5,7,9-11H2,(H,19,20,23). The molecule has 1 aliphatic carbocycles. The Hall–Kier alpha value is -1.79. The van der Waals surface area contributed by atoms with Gasteiger partial charge in [-0.05, 0) is 37.0 Å². The monoisotopic (exact) mass is 328 g/mol. The molecule has 1 N–H and O–H groups in total. The predicted molar refractivity (Wildman–Crippen MR) is 89.7 cm³/mol. The lowest BCUT2D eigenvalue weighted by molar-refractivity contribution is 0.231. The minimum absolute atomic E-state index is 0.570. The van der Waals surface area contributed by atoms with E-state index in [0.717, 1.165) is 50.0 Å². The van der Waals surface area contributed by atoms with E-state index >= 15 is 0 Å². The zero-order chi connectivity index (χ0) is 15.6. The lowest BCUT2D eigenvalue weighted by Crippen LogP contribution is -2.31. The molecule has 1 saturated carbocycles. The average Bonchev–Trinajstić information content (AvgIpc) is 3.38. The second-order valence-corrected chi connectivity index (χ2v) is 6.76. The molecule has 5 nitrogen and oxygen atoms in total. The largest absolute Gasteiger partial charge is 0.477 e. The van der Waals surface area contributed by atoms with Crippen LogP contribution in [0.3, 0.4) is 0 Å². The summed E-state index contributed by atoms with van der Waals surface area (Å²) in [5, 5.41) is 0. The van der Waals surface area contributed by atoms with E-state index < -0.39 is 0 Å². The van der Waals surface area contributed by atoms with Crippen molar-refractivity contribution in [3.63, 3.8) is 0 Å². The second-order valence-electron chi connectivity index (χ2n) is 6.37. The number of H-pyrrole nitrogens is 1. The maximum Gasteiger partial charge on any atom is 0.217 e. The van der Waals surface area contributed by atoms with Crippen LogP contribution in [0.5, 0.6) is 5.88 Å². The van der Waals surface area contributed by atoms with Gasteiger partial charge >= 0.3 is 0 Å². The third kappa shape index (κ3) is 3.59. The quantitative estimate of drug-likeness (QED) is 0.855. The zero-order valence-electron chi connectivity index (χ0n) is 13.0. The number of ether oxygens (including phenoxy) is 1. The van der Waals surface area contributed by atoms with Crippen LogP contribution in [0.4, 0.5) is 0 Å². The summed E-state index contributed by atoms with van der Waals surface area (Å²) in [5.74, 6) is 1.52. The summed E-state index contributed by atoms with van der Waals surface area (Å²) in [7, 11) is 0. The highest BCUT2D eigenvalue weighted by atomic mass is 32.1. The Morgan fingerprint density at radius 2 is 2.26 bits per heavy atom. The van der Waals surface area contributed by atoms with E-state index in [4.69, 9.17) is 17.0 Å². The average molecular weight is 328 g/mol. The van der Waals surface area contributed by atoms with Crippen LogP contribution in [-0.4, -0.2) is 33.0 Å². The molecule has 0 atom stereocenters. The van der Waals surface area contributed by atoms with Crippen LogP contribution in [0.2, 0.25) is 0 Å². The lowest BCUT2D eigenvalue weighted by Gasteiger charge is -2.28. The fraction of sp³-hybridized carbons (Fsp3) is 0.471. The number of hydrogen-bond donors (Lipinski definition) is 1. The van der Waals surface area contributed by atoms with Gasteiger partial charge in [-0.15, -0.1) is 0 Å². The van der Waals surface area contributed by atoms with E-state index in [1.807, 2.05) is 12.3 Å². The van der Waals surface area contributed by atoms with Crippen molar-refractivity contribution in [2.24, 2.45) is 5.92 Å². The van der Waals surface area contributed by atoms with E-state index in [9.17, 15) is 0 Å². The van der Waals surface area contributed by atoms with Crippen LogP contribution < -0.4 is 4.74 Å². The summed E-state index contributed by atoms with van der Waals surface area (Å²) >= 11 is 5.10. The number of nitrogens with zero attached hydrogens (tertiary/aromatic N) is 3. The SMILES string of the molecule is S=c1ncc2c([nH]1)CCN(Cc1cccnc1OCC1CC1)C2. The Kier molecular flexibility index (Phi) is 4.10. The predicted octanol–water partition coefficient (Wildman–Crippen LogP) is 2.88. The highest BCUT2D eigenvalue weighted by Gasteiger charge is 2.23. The van der Waals surface area contributed by atoms with Crippen LogP contribution in [0.1, 0.15) is 29.7 Å². The molecule has 0 unspecified atom stereocenters. The van der Waals surface area contributed by atoms with Gasteiger partial charge in [-0.3, -0.25) is 4.90 Å².